The monoisotopic (exact) mass is 278 g/mol. The van der Waals surface area contributed by atoms with Crippen LogP contribution >= 0.6 is 0 Å². The van der Waals surface area contributed by atoms with Gasteiger partial charge in [0.1, 0.15) is 0 Å². The van der Waals surface area contributed by atoms with Gasteiger partial charge in [-0.3, -0.25) is 0 Å². The summed E-state index contributed by atoms with van der Waals surface area (Å²) in [6, 6.07) is 0.749. The van der Waals surface area contributed by atoms with Gasteiger partial charge in [-0.1, -0.05) is 13.8 Å². The molecular weight excluding hydrogens is 244 g/mol. The Morgan fingerprint density at radius 3 is 2.10 bits per heavy atom. The van der Waals surface area contributed by atoms with Gasteiger partial charge in [-0.2, -0.15) is 0 Å². The molecule has 20 heavy (non-hydrogen) atoms. The molecule has 1 spiro atoms. The van der Waals surface area contributed by atoms with Gasteiger partial charge < -0.3 is 9.80 Å². The van der Waals surface area contributed by atoms with E-state index in [-0.39, 0.29) is 0 Å². The number of nitrogens with zero attached hydrogens (tertiary/aromatic N) is 2. The summed E-state index contributed by atoms with van der Waals surface area (Å²) >= 11 is 0. The highest BCUT2D eigenvalue weighted by Gasteiger charge is 2.46. The molecule has 3 rings (SSSR count). The molecule has 2 nitrogen and oxygen atoms in total. The lowest BCUT2D eigenvalue weighted by molar-refractivity contribution is -0.0421. The predicted octanol–water partition coefficient (Wildman–Crippen LogP) is 3.47. The number of rotatable bonds is 4. The van der Waals surface area contributed by atoms with E-state index in [1.165, 1.54) is 58.4 Å². The van der Waals surface area contributed by atoms with Crippen LogP contribution in [0.5, 0.6) is 0 Å². The van der Waals surface area contributed by atoms with E-state index in [0.717, 1.165) is 29.2 Å². The molecule has 3 fully saturated rings. The van der Waals surface area contributed by atoms with Crippen molar-refractivity contribution in [2.75, 3.05) is 32.7 Å². The zero-order chi connectivity index (χ0) is 14.3. The van der Waals surface area contributed by atoms with Gasteiger partial charge in [-0.15, -0.1) is 0 Å². The summed E-state index contributed by atoms with van der Waals surface area (Å²) in [5.41, 5.74) is 0.773. The lowest BCUT2D eigenvalue weighted by Crippen LogP contribution is -2.56. The Morgan fingerprint density at radius 2 is 1.60 bits per heavy atom. The molecule has 116 valence electrons. The van der Waals surface area contributed by atoms with Gasteiger partial charge in [0.25, 0.3) is 0 Å². The first-order valence-corrected chi connectivity index (χ1v) is 8.94. The average molecular weight is 278 g/mol. The first-order chi connectivity index (χ1) is 9.47. The van der Waals surface area contributed by atoms with E-state index in [1.54, 1.807) is 0 Å². The SMILES string of the molecule is CC(C)C1CC2(CCN(CC3CN(C(C)C)C3)CC2)C1. The van der Waals surface area contributed by atoms with Crippen molar-refractivity contribution in [2.45, 2.75) is 59.4 Å². The normalized spacial score (nSPS) is 29.1. The Balaban J connectivity index is 1.36. The minimum absolute atomic E-state index is 0.749. The van der Waals surface area contributed by atoms with E-state index in [0.29, 0.717) is 0 Å². The van der Waals surface area contributed by atoms with Gasteiger partial charge in [0.05, 0.1) is 0 Å². The molecule has 0 N–H and O–H groups in total. The van der Waals surface area contributed by atoms with Crippen LogP contribution in [0.3, 0.4) is 0 Å². The minimum atomic E-state index is 0.749. The van der Waals surface area contributed by atoms with Crippen molar-refractivity contribution >= 4 is 0 Å². The number of hydrogen-bond donors (Lipinski definition) is 0. The highest BCUT2D eigenvalue weighted by atomic mass is 15.2. The summed E-state index contributed by atoms with van der Waals surface area (Å²) in [7, 11) is 0. The van der Waals surface area contributed by atoms with E-state index in [9.17, 15) is 0 Å². The lowest BCUT2D eigenvalue weighted by Gasteiger charge is -2.54. The van der Waals surface area contributed by atoms with Crippen molar-refractivity contribution in [2.24, 2.45) is 23.2 Å². The highest BCUT2D eigenvalue weighted by Crippen LogP contribution is 2.54. The Kier molecular flexibility index (Phi) is 4.16. The third kappa shape index (κ3) is 2.92. The van der Waals surface area contributed by atoms with Crippen LogP contribution in [0.2, 0.25) is 0 Å². The first kappa shape index (κ1) is 14.8. The van der Waals surface area contributed by atoms with Crippen molar-refractivity contribution in [3.8, 4) is 0 Å². The van der Waals surface area contributed by atoms with Crippen LogP contribution in [-0.4, -0.2) is 48.6 Å². The molecule has 2 heterocycles. The predicted molar refractivity (Wildman–Crippen MR) is 85.9 cm³/mol. The zero-order valence-electron chi connectivity index (χ0n) is 14.1. The molecule has 0 radical (unpaired) electrons. The van der Waals surface area contributed by atoms with Crippen LogP contribution in [0, 0.1) is 23.2 Å². The van der Waals surface area contributed by atoms with Crippen molar-refractivity contribution in [3.63, 3.8) is 0 Å². The van der Waals surface area contributed by atoms with Crippen LogP contribution in [0.25, 0.3) is 0 Å². The number of piperidine rings is 1. The summed E-state index contributed by atoms with van der Waals surface area (Å²) in [5.74, 6) is 2.90. The van der Waals surface area contributed by atoms with Gasteiger partial charge in [-0.05, 0) is 75.8 Å². The molecule has 0 amide bonds. The Labute approximate surface area is 125 Å². The highest BCUT2D eigenvalue weighted by molar-refractivity contribution is 4.98. The fraction of sp³-hybridized carbons (Fsp3) is 1.00. The Hall–Kier alpha value is -0.0800. The van der Waals surface area contributed by atoms with Crippen molar-refractivity contribution in [1.82, 2.24) is 9.80 Å². The molecule has 2 aliphatic heterocycles. The lowest BCUT2D eigenvalue weighted by atomic mass is 9.55. The van der Waals surface area contributed by atoms with Crippen LogP contribution in [0.15, 0.2) is 0 Å². The second-order valence-corrected chi connectivity index (χ2v) is 8.63. The third-order valence-electron chi connectivity index (χ3n) is 6.48. The van der Waals surface area contributed by atoms with Crippen LogP contribution in [-0.2, 0) is 0 Å². The molecule has 2 heteroatoms. The topological polar surface area (TPSA) is 6.48 Å². The van der Waals surface area contributed by atoms with Gasteiger partial charge in [0.15, 0.2) is 0 Å². The van der Waals surface area contributed by atoms with E-state index in [1.807, 2.05) is 0 Å². The molecule has 1 saturated carbocycles. The smallest absolute Gasteiger partial charge is 0.00388 e. The van der Waals surface area contributed by atoms with E-state index in [4.69, 9.17) is 0 Å². The zero-order valence-corrected chi connectivity index (χ0v) is 14.1. The van der Waals surface area contributed by atoms with Crippen molar-refractivity contribution < 1.29 is 0 Å². The summed E-state index contributed by atoms with van der Waals surface area (Å²) < 4.78 is 0. The standard InChI is InChI=1S/C18H34N2/c1-14(2)17-9-18(10-17)5-7-19(8-6-18)11-16-12-20(13-16)15(3)4/h14-17H,5-13H2,1-4H3. The molecule has 0 bridgehead atoms. The van der Waals surface area contributed by atoms with Gasteiger partial charge >= 0.3 is 0 Å². The van der Waals surface area contributed by atoms with Crippen LogP contribution in [0.4, 0.5) is 0 Å². The third-order valence-corrected chi connectivity index (χ3v) is 6.48. The maximum absolute atomic E-state index is 2.76. The van der Waals surface area contributed by atoms with Crippen molar-refractivity contribution in [1.29, 1.82) is 0 Å². The molecule has 2 saturated heterocycles. The summed E-state index contributed by atoms with van der Waals surface area (Å²) in [6.07, 6.45) is 6.03. The minimum Gasteiger partial charge on any atom is -0.303 e. The molecular formula is C18H34N2. The fourth-order valence-corrected chi connectivity index (χ4v) is 4.65. The Morgan fingerprint density at radius 1 is 1.00 bits per heavy atom. The first-order valence-electron chi connectivity index (χ1n) is 8.94. The maximum atomic E-state index is 2.76. The van der Waals surface area contributed by atoms with Crippen molar-refractivity contribution in [3.05, 3.63) is 0 Å². The quantitative estimate of drug-likeness (QED) is 0.777. The average Bonchev–Trinajstić information content (AvgIpc) is 2.30. The molecule has 1 aliphatic carbocycles. The fourth-order valence-electron chi connectivity index (χ4n) is 4.65. The molecule has 0 aromatic heterocycles. The van der Waals surface area contributed by atoms with Crippen LogP contribution in [0.1, 0.15) is 53.4 Å². The maximum Gasteiger partial charge on any atom is 0.00388 e. The van der Waals surface area contributed by atoms with Gasteiger partial charge in [-0.25, -0.2) is 0 Å². The second-order valence-electron chi connectivity index (χ2n) is 8.63. The van der Waals surface area contributed by atoms with E-state index in [2.05, 4.69) is 37.5 Å². The van der Waals surface area contributed by atoms with E-state index < -0.39 is 0 Å². The largest absolute Gasteiger partial charge is 0.303 e. The van der Waals surface area contributed by atoms with Crippen LogP contribution < -0.4 is 0 Å². The molecule has 0 atom stereocenters. The number of hydrogen-bond acceptors (Lipinski definition) is 2. The summed E-state index contributed by atoms with van der Waals surface area (Å²) in [6.45, 7) is 16.3. The van der Waals surface area contributed by atoms with E-state index >= 15 is 0 Å². The van der Waals surface area contributed by atoms with Gasteiger partial charge in [0, 0.05) is 25.7 Å². The number of likely N-dealkylation sites (tertiary alicyclic amines) is 2. The molecule has 3 aliphatic rings. The molecule has 0 unspecified atom stereocenters. The molecule has 0 aromatic rings. The summed E-state index contributed by atoms with van der Waals surface area (Å²) in [5, 5.41) is 0. The molecule has 0 aromatic carbocycles. The Bertz CT molecular complexity index is 314. The van der Waals surface area contributed by atoms with Gasteiger partial charge in [0.2, 0.25) is 0 Å². The summed E-state index contributed by atoms with van der Waals surface area (Å²) in [4.78, 5) is 5.37. The second kappa shape index (κ2) is 5.61.